The molecule has 1 fully saturated rings. The van der Waals surface area contributed by atoms with E-state index >= 15 is 0 Å². The number of nitriles is 1. The molecule has 2 heterocycles. The molecule has 1 atom stereocenters. The number of aromatic nitrogens is 2. The van der Waals surface area contributed by atoms with Crippen molar-refractivity contribution in [3.05, 3.63) is 48.0 Å². The van der Waals surface area contributed by atoms with Gasteiger partial charge in [0.15, 0.2) is 0 Å². The van der Waals surface area contributed by atoms with Crippen LogP contribution in [0.15, 0.2) is 42.5 Å². The highest BCUT2D eigenvalue weighted by atomic mass is 15.3. The predicted molar refractivity (Wildman–Crippen MR) is 108 cm³/mol. The average molecular weight is 359 g/mol. The zero-order chi connectivity index (χ0) is 18.8. The van der Waals surface area contributed by atoms with Crippen molar-refractivity contribution >= 4 is 34.0 Å². The highest BCUT2D eigenvalue weighted by Crippen LogP contribution is 2.29. The Bertz CT molecular complexity index is 1020. The van der Waals surface area contributed by atoms with Crippen LogP contribution < -0.4 is 21.3 Å². The zero-order valence-corrected chi connectivity index (χ0v) is 15.1. The minimum atomic E-state index is 0.460. The van der Waals surface area contributed by atoms with Gasteiger partial charge in [-0.05, 0) is 43.8 Å². The normalized spacial score (nSPS) is 16.4. The molecule has 1 saturated heterocycles. The largest absolute Gasteiger partial charge is 0.399 e. The monoisotopic (exact) mass is 359 g/mol. The molecular weight excluding hydrogens is 338 g/mol. The molecule has 0 bridgehead atoms. The van der Waals surface area contributed by atoms with E-state index in [0.29, 0.717) is 28.9 Å². The van der Waals surface area contributed by atoms with Gasteiger partial charge in [0.1, 0.15) is 5.82 Å². The molecule has 3 aromatic rings. The molecule has 1 aromatic heterocycles. The third-order valence-electron chi connectivity index (χ3n) is 4.82. The van der Waals surface area contributed by atoms with Crippen molar-refractivity contribution < 1.29 is 0 Å². The first-order valence-corrected chi connectivity index (χ1v) is 8.93. The zero-order valence-electron chi connectivity index (χ0n) is 15.1. The molecule has 1 aliphatic heterocycles. The van der Waals surface area contributed by atoms with Crippen LogP contribution in [0, 0.1) is 11.3 Å². The van der Waals surface area contributed by atoms with E-state index < -0.39 is 0 Å². The van der Waals surface area contributed by atoms with Crippen LogP contribution in [0.5, 0.6) is 0 Å². The van der Waals surface area contributed by atoms with Crippen LogP contribution in [0.1, 0.15) is 12.0 Å². The highest BCUT2D eigenvalue weighted by Gasteiger charge is 2.24. The van der Waals surface area contributed by atoms with Crippen molar-refractivity contribution in [2.75, 3.05) is 36.1 Å². The predicted octanol–water partition coefficient (Wildman–Crippen LogP) is 2.63. The summed E-state index contributed by atoms with van der Waals surface area (Å²) in [6.07, 6.45) is 1.08. The number of benzene rings is 2. The van der Waals surface area contributed by atoms with Gasteiger partial charge in [0.2, 0.25) is 5.95 Å². The van der Waals surface area contributed by atoms with Gasteiger partial charge in [0.25, 0.3) is 0 Å². The molecule has 2 aromatic carbocycles. The van der Waals surface area contributed by atoms with Gasteiger partial charge in [0, 0.05) is 35.9 Å². The summed E-state index contributed by atoms with van der Waals surface area (Å²) >= 11 is 0. The first-order valence-electron chi connectivity index (χ1n) is 8.93. The van der Waals surface area contributed by atoms with Crippen LogP contribution in [0.25, 0.3) is 10.9 Å². The molecule has 0 amide bonds. The Balaban J connectivity index is 1.74. The molecule has 0 unspecified atom stereocenters. The lowest BCUT2D eigenvalue weighted by atomic mass is 10.2. The summed E-state index contributed by atoms with van der Waals surface area (Å²) in [6, 6.07) is 15.7. The molecule has 4 N–H and O–H groups in total. The van der Waals surface area contributed by atoms with Crippen molar-refractivity contribution in [1.82, 2.24) is 15.3 Å². The second-order valence-corrected chi connectivity index (χ2v) is 6.69. The van der Waals surface area contributed by atoms with Crippen molar-refractivity contribution in [1.29, 1.82) is 5.26 Å². The van der Waals surface area contributed by atoms with Gasteiger partial charge in [0.05, 0.1) is 17.1 Å². The number of rotatable bonds is 4. The number of likely N-dealkylation sites (N-methyl/N-ethyl adjacent to an activating group) is 1. The van der Waals surface area contributed by atoms with Crippen LogP contribution in [-0.4, -0.2) is 36.1 Å². The Hall–Kier alpha value is -3.37. The number of nitrogen functional groups attached to an aromatic ring is 1. The van der Waals surface area contributed by atoms with E-state index in [2.05, 4.69) is 32.7 Å². The molecule has 1 aliphatic rings. The van der Waals surface area contributed by atoms with Gasteiger partial charge in [-0.1, -0.05) is 12.1 Å². The Morgan fingerprint density at radius 1 is 1.22 bits per heavy atom. The van der Waals surface area contributed by atoms with E-state index in [4.69, 9.17) is 16.0 Å². The van der Waals surface area contributed by atoms with E-state index in [1.807, 2.05) is 25.2 Å². The number of para-hydroxylation sites is 1. The lowest BCUT2D eigenvalue weighted by molar-refractivity contribution is 0.616. The van der Waals surface area contributed by atoms with Gasteiger partial charge in [-0.25, -0.2) is 4.98 Å². The average Bonchev–Trinajstić information content (AvgIpc) is 3.16. The van der Waals surface area contributed by atoms with Crippen LogP contribution in [-0.2, 0) is 0 Å². The summed E-state index contributed by atoms with van der Waals surface area (Å²) in [5.41, 5.74) is 8.48. The standard InChI is InChI=1S/C20H21N7/c1-23-15-6-7-27(12-15)19-17-4-2-3-5-18(17)25-20(26-19)24-16-9-13(11-21)8-14(22)10-16/h2-5,8-10,15,23H,6-7,12,22H2,1H3,(H,24,25,26)/t15-/m0/s1. The molecule has 4 rings (SSSR count). The van der Waals surface area contributed by atoms with Gasteiger partial charge < -0.3 is 21.3 Å². The number of nitrogens with zero attached hydrogens (tertiary/aromatic N) is 4. The summed E-state index contributed by atoms with van der Waals surface area (Å²) in [5.74, 6) is 1.41. The highest BCUT2D eigenvalue weighted by molar-refractivity contribution is 5.91. The fourth-order valence-corrected chi connectivity index (χ4v) is 3.46. The lowest BCUT2D eigenvalue weighted by Crippen LogP contribution is -2.30. The van der Waals surface area contributed by atoms with Crippen LogP contribution >= 0.6 is 0 Å². The van der Waals surface area contributed by atoms with Gasteiger partial charge >= 0.3 is 0 Å². The molecule has 0 radical (unpaired) electrons. The number of hydrogen-bond donors (Lipinski definition) is 3. The smallest absolute Gasteiger partial charge is 0.229 e. The number of hydrogen-bond acceptors (Lipinski definition) is 7. The molecular formula is C20H21N7. The number of anilines is 4. The van der Waals surface area contributed by atoms with Gasteiger partial charge in [-0.3, -0.25) is 0 Å². The van der Waals surface area contributed by atoms with E-state index in [9.17, 15) is 0 Å². The molecule has 27 heavy (non-hydrogen) atoms. The van der Waals surface area contributed by atoms with E-state index in [0.717, 1.165) is 36.2 Å². The Kier molecular flexibility index (Phi) is 4.48. The molecule has 7 heteroatoms. The topological polar surface area (TPSA) is 103 Å². The molecule has 0 aliphatic carbocycles. The fraction of sp³-hybridized carbons (Fsp3) is 0.250. The maximum absolute atomic E-state index is 9.15. The van der Waals surface area contributed by atoms with Crippen LogP contribution in [0.3, 0.4) is 0 Å². The summed E-state index contributed by atoms with van der Waals surface area (Å²) in [5, 5.41) is 16.7. The van der Waals surface area contributed by atoms with Crippen molar-refractivity contribution in [2.24, 2.45) is 0 Å². The van der Waals surface area contributed by atoms with Crippen molar-refractivity contribution in [3.63, 3.8) is 0 Å². The van der Waals surface area contributed by atoms with E-state index in [1.54, 1.807) is 18.2 Å². The molecule has 0 saturated carbocycles. The van der Waals surface area contributed by atoms with E-state index in [1.165, 1.54) is 0 Å². The van der Waals surface area contributed by atoms with Gasteiger partial charge in [-0.15, -0.1) is 0 Å². The Morgan fingerprint density at radius 2 is 2.07 bits per heavy atom. The number of fused-ring (bicyclic) bond motifs is 1. The van der Waals surface area contributed by atoms with Crippen molar-refractivity contribution in [3.8, 4) is 6.07 Å². The fourth-order valence-electron chi connectivity index (χ4n) is 3.46. The Labute approximate surface area is 157 Å². The quantitative estimate of drug-likeness (QED) is 0.615. The third kappa shape index (κ3) is 3.48. The maximum atomic E-state index is 9.15. The second kappa shape index (κ2) is 7.09. The first kappa shape index (κ1) is 17.1. The summed E-state index contributed by atoms with van der Waals surface area (Å²) in [6.45, 7) is 1.86. The number of nitrogens with two attached hydrogens (primary N) is 1. The van der Waals surface area contributed by atoms with Crippen LogP contribution in [0.4, 0.5) is 23.1 Å². The minimum Gasteiger partial charge on any atom is -0.399 e. The lowest BCUT2D eigenvalue weighted by Gasteiger charge is -2.20. The van der Waals surface area contributed by atoms with E-state index in [-0.39, 0.29) is 0 Å². The Morgan fingerprint density at radius 3 is 2.85 bits per heavy atom. The van der Waals surface area contributed by atoms with Crippen LogP contribution in [0.2, 0.25) is 0 Å². The molecule has 0 spiro atoms. The van der Waals surface area contributed by atoms with Gasteiger partial charge in [-0.2, -0.15) is 10.2 Å². The number of nitrogens with one attached hydrogen (secondary N) is 2. The minimum absolute atomic E-state index is 0.460. The van der Waals surface area contributed by atoms with Crippen molar-refractivity contribution in [2.45, 2.75) is 12.5 Å². The second-order valence-electron chi connectivity index (χ2n) is 6.69. The first-order chi connectivity index (χ1) is 13.2. The summed E-state index contributed by atoms with van der Waals surface area (Å²) in [7, 11) is 1.99. The maximum Gasteiger partial charge on any atom is 0.229 e. The molecule has 7 nitrogen and oxygen atoms in total. The summed E-state index contributed by atoms with van der Waals surface area (Å²) < 4.78 is 0. The SMILES string of the molecule is CN[C@H]1CCN(c2nc(Nc3cc(N)cc(C#N)c3)nc3ccccc23)C1. The summed E-state index contributed by atoms with van der Waals surface area (Å²) in [4.78, 5) is 11.7. The third-order valence-corrected chi connectivity index (χ3v) is 4.82. The molecule has 136 valence electrons.